The number of halogens is 4. The van der Waals surface area contributed by atoms with Gasteiger partial charge in [-0.1, -0.05) is 23.7 Å². The van der Waals surface area contributed by atoms with Gasteiger partial charge < -0.3 is 10.1 Å². The number of anilines is 1. The monoisotopic (exact) mass is 418 g/mol. The minimum atomic E-state index is -0.784. The van der Waals surface area contributed by atoms with E-state index in [0.29, 0.717) is 5.56 Å². The van der Waals surface area contributed by atoms with E-state index in [2.05, 4.69) is 10.3 Å². The van der Waals surface area contributed by atoms with Crippen molar-refractivity contribution >= 4 is 35.1 Å². The molecule has 0 saturated carbocycles. The summed E-state index contributed by atoms with van der Waals surface area (Å²) in [6, 6.07) is 13.4. The van der Waals surface area contributed by atoms with Gasteiger partial charge in [0.25, 0.3) is 5.91 Å². The standard InChI is InChI=1S/C21H14ClF3N2O2/c22-15-9-13(11-26-18-7-6-14(23)10-17(18)25)5-8-20(15)29-12-21(28)27-19-4-2-1-3-16(19)24/h1-11H,12H2,(H,27,28). The highest BCUT2D eigenvalue weighted by Crippen LogP contribution is 2.26. The number of benzene rings is 3. The molecule has 0 unspecified atom stereocenters. The van der Waals surface area contributed by atoms with Crippen molar-refractivity contribution in [3.8, 4) is 5.75 Å². The number of hydrogen-bond donors (Lipinski definition) is 1. The van der Waals surface area contributed by atoms with Gasteiger partial charge in [0.1, 0.15) is 17.4 Å². The molecule has 0 saturated heterocycles. The summed E-state index contributed by atoms with van der Waals surface area (Å²) >= 11 is 6.13. The number of amides is 1. The fourth-order valence-corrected chi connectivity index (χ4v) is 2.58. The first-order chi connectivity index (χ1) is 13.9. The lowest BCUT2D eigenvalue weighted by molar-refractivity contribution is -0.118. The Morgan fingerprint density at radius 3 is 2.55 bits per heavy atom. The van der Waals surface area contributed by atoms with Crippen molar-refractivity contribution in [2.24, 2.45) is 4.99 Å². The topological polar surface area (TPSA) is 50.7 Å². The van der Waals surface area contributed by atoms with Crippen molar-refractivity contribution in [1.82, 2.24) is 0 Å². The molecule has 0 aliphatic heterocycles. The van der Waals surface area contributed by atoms with Crippen LogP contribution in [0.4, 0.5) is 24.5 Å². The van der Waals surface area contributed by atoms with Crippen molar-refractivity contribution in [1.29, 1.82) is 0 Å². The summed E-state index contributed by atoms with van der Waals surface area (Å²) in [5.41, 5.74) is 0.571. The van der Waals surface area contributed by atoms with Crippen LogP contribution in [0, 0.1) is 17.5 Å². The van der Waals surface area contributed by atoms with Gasteiger partial charge in [-0.25, -0.2) is 13.2 Å². The van der Waals surface area contributed by atoms with E-state index in [1.807, 2.05) is 0 Å². The van der Waals surface area contributed by atoms with Crippen LogP contribution in [0.5, 0.6) is 5.75 Å². The molecule has 0 spiro atoms. The third kappa shape index (κ3) is 5.58. The Bertz CT molecular complexity index is 1070. The average molecular weight is 419 g/mol. The fraction of sp³-hybridized carbons (Fsp3) is 0.0476. The van der Waals surface area contributed by atoms with Crippen LogP contribution in [0.2, 0.25) is 5.02 Å². The molecule has 0 bridgehead atoms. The lowest BCUT2D eigenvalue weighted by Crippen LogP contribution is -2.20. The zero-order valence-electron chi connectivity index (χ0n) is 14.8. The molecule has 0 aliphatic rings. The molecule has 0 radical (unpaired) electrons. The first kappa shape index (κ1) is 20.4. The second-order valence-corrected chi connectivity index (χ2v) is 6.27. The summed E-state index contributed by atoms with van der Waals surface area (Å²) < 4.78 is 45.4. The highest BCUT2D eigenvalue weighted by Gasteiger charge is 2.09. The predicted molar refractivity (Wildman–Crippen MR) is 106 cm³/mol. The molecule has 0 atom stereocenters. The minimum Gasteiger partial charge on any atom is -0.482 e. The van der Waals surface area contributed by atoms with Crippen LogP contribution >= 0.6 is 11.6 Å². The second-order valence-electron chi connectivity index (χ2n) is 5.86. The van der Waals surface area contributed by atoms with Crippen molar-refractivity contribution in [3.05, 3.63) is 88.7 Å². The van der Waals surface area contributed by atoms with E-state index >= 15 is 0 Å². The third-order valence-corrected chi connectivity index (χ3v) is 4.02. The zero-order valence-corrected chi connectivity index (χ0v) is 15.6. The molecule has 3 aromatic rings. The van der Waals surface area contributed by atoms with Gasteiger partial charge in [0.2, 0.25) is 0 Å². The number of para-hydroxylation sites is 1. The van der Waals surface area contributed by atoms with E-state index in [-0.39, 0.29) is 28.8 Å². The SMILES string of the molecule is O=C(COc1ccc(C=Nc2ccc(F)cc2F)cc1Cl)Nc1ccccc1F. The maximum atomic E-state index is 13.6. The number of hydrogen-bond acceptors (Lipinski definition) is 3. The number of nitrogens with one attached hydrogen (secondary N) is 1. The van der Waals surface area contributed by atoms with Crippen LogP contribution < -0.4 is 10.1 Å². The van der Waals surface area contributed by atoms with E-state index in [9.17, 15) is 18.0 Å². The molecular weight excluding hydrogens is 405 g/mol. The normalized spacial score (nSPS) is 10.9. The van der Waals surface area contributed by atoms with Gasteiger partial charge in [-0.3, -0.25) is 9.79 Å². The van der Waals surface area contributed by atoms with Gasteiger partial charge in [0.05, 0.1) is 16.4 Å². The van der Waals surface area contributed by atoms with Crippen molar-refractivity contribution in [2.75, 3.05) is 11.9 Å². The Morgan fingerprint density at radius 1 is 1.03 bits per heavy atom. The lowest BCUT2D eigenvalue weighted by atomic mass is 10.2. The van der Waals surface area contributed by atoms with Gasteiger partial charge >= 0.3 is 0 Å². The summed E-state index contributed by atoms with van der Waals surface area (Å²) in [4.78, 5) is 15.9. The maximum Gasteiger partial charge on any atom is 0.262 e. The van der Waals surface area contributed by atoms with E-state index in [4.69, 9.17) is 16.3 Å². The first-order valence-corrected chi connectivity index (χ1v) is 8.76. The van der Waals surface area contributed by atoms with E-state index in [0.717, 1.165) is 12.1 Å². The summed E-state index contributed by atoms with van der Waals surface area (Å²) in [5, 5.41) is 2.59. The van der Waals surface area contributed by atoms with Crippen molar-refractivity contribution in [3.63, 3.8) is 0 Å². The van der Waals surface area contributed by atoms with Crippen LogP contribution in [-0.2, 0) is 4.79 Å². The number of ether oxygens (including phenoxy) is 1. The van der Waals surface area contributed by atoms with Crippen molar-refractivity contribution < 1.29 is 22.7 Å². The molecule has 0 fully saturated rings. The Labute approximate surface area is 169 Å². The fourth-order valence-electron chi connectivity index (χ4n) is 2.34. The molecule has 3 aromatic carbocycles. The summed E-state index contributed by atoms with van der Waals surface area (Å²) in [5.74, 6) is -2.35. The minimum absolute atomic E-state index is 0.0207. The second kappa shape index (κ2) is 9.25. The van der Waals surface area contributed by atoms with Gasteiger partial charge in [0, 0.05) is 12.3 Å². The third-order valence-electron chi connectivity index (χ3n) is 3.73. The molecule has 1 N–H and O–H groups in total. The molecule has 4 nitrogen and oxygen atoms in total. The molecule has 8 heteroatoms. The van der Waals surface area contributed by atoms with E-state index in [1.54, 1.807) is 12.1 Å². The van der Waals surface area contributed by atoms with Gasteiger partial charge in [0.15, 0.2) is 12.4 Å². The molecule has 148 valence electrons. The van der Waals surface area contributed by atoms with Crippen LogP contribution in [0.3, 0.4) is 0 Å². The summed E-state index contributed by atoms with van der Waals surface area (Å²) in [6.07, 6.45) is 1.36. The van der Waals surface area contributed by atoms with Crippen LogP contribution in [0.25, 0.3) is 0 Å². The Morgan fingerprint density at radius 2 is 1.83 bits per heavy atom. The quantitative estimate of drug-likeness (QED) is 0.535. The number of rotatable bonds is 6. The van der Waals surface area contributed by atoms with Gasteiger partial charge in [-0.2, -0.15) is 0 Å². The Balaban J connectivity index is 1.61. The smallest absolute Gasteiger partial charge is 0.262 e. The molecule has 0 heterocycles. The maximum absolute atomic E-state index is 13.6. The first-order valence-electron chi connectivity index (χ1n) is 8.38. The van der Waals surface area contributed by atoms with Crippen molar-refractivity contribution in [2.45, 2.75) is 0 Å². The van der Waals surface area contributed by atoms with Crippen LogP contribution in [0.15, 0.2) is 65.7 Å². The number of aliphatic imine (C=N–C) groups is 1. The zero-order chi connectivity index (χ0) is 20.8. The highest BCUT2D eigenvalue weighted by atomic mass is 35.5. The predicted octanol–water partition coefficient (Wildman–Crippen LogP) is 5.53. The molecule has 0 aliphatic carbocycles. The van der Waals surface area contributed by atoms with E-state index < -0.39 is 23.4 Å². The van der Waals surface area contributed by atoms with Gasteiger partial charge in [-0.05, 0) is 48.0 Å². The lowest BCUT2D eigenvalue weighted by Gasteiger charge is -2.09. The average Bonchev–Trinajstić information content (AvgIpc) is 2.68. The Hall–Kier alpha value is -3.32. The number of carbonyl (C=O) groups is 1. The van der Waals surface area contributed by atoms with Crippen LogP contribution in [0.1, 0.15) is 5.56 Å². The summed E-state index contributed by atoms with van der Waals surface area (Å²) in [7, 11) is 0. The van der Waals surface area contributed by atoms with Crippen LogP contribution in [-0.4, -0.2) is 18.7 Å². The number of carbonyl (C=O) groups excluding carboxylic acids is 1. The molecular formula is C21H14ClF3N2O2. The Kier molecular flexibility index (Phi) is 6.51. The molecule has 3 rings (SSSR count). The van der Waals surface area contributed by atoms with E-state index in [1.165, 1.54) is 42.6 Å². The molecule has 0 aromatic heterocycles. The summed E-state index contributed by atoms with van der Waals surface area (Å²) in [6.45, 7) is -0.373. The van der Waals surface area contributed by atoms with Gasteiger partial charge in [-0.15, -0.1) is 0 Å². The highest BCUT2D eigenvalue weighted by molar-refractivity contribution is 6.32. The molecule has 1 amide bonds. The number of nitrogens with zero attached hydrogens (tertiary/aromatic N) is 1. The molecule has 29 heavy (non-hydrogen) atoms. The largest absolute Gasteiger partial charge is 0.482 e.